The van der Waals surface area contributed by atoms with Crippen LogP contribution < -0.4 is 5.73 Å². The van der Waals surface area contributed by atoms with Gasteiger partial charge in [-0.05, 0) is 5.56 Å². The third-order valence-corrected chi connectivity index (χ3v) is 4.18. The van der Waals surface area contributed by atoms with E-state index in [2.05, 4.69) is 10.1 Å². The van der Waals surface area contributed by atoms with Gasteiger partial charge in [0.15, 0.2) is 5.65 Å². The van der Waals surface area contributed by atoms with Crippen molar-refractivity contribution in [3.8, 4) is 11.1 Å². The number of ether oxygens (including phenoxy) is 1. The molecule has 3 aromatic rings. The normalized spacial score (nSPS) is 14.9. The van der Waals surface area contributed by atoms with Crippen LogP contribution in [0.2, 0.25) is 0 Å². The predicted octanol–water partition coefficient (Wildman–Crippen LogP) is 1.45. The zero-order chi connectivity index (χ0) is 16.5. The Bertz CT molecular complexity index is 885. The number of carbonyl (C=O) groups excluding carboxylic acids is 1. The molecule has 3 heterocycles. The van der Waals surface area contributed by atoms with Gasteiger partial charge >= 0.3 is 0 Å². The molecule has 0 aliphatic carbocycles. The van der Waals surface area contributed by atoms with Gasteiger partial charge in [0.2, 0.25) is 0 Å². The van der Waals surface area contributed by atoms with Gasteiger partial charge < -0.3 is 15.4 Å². The zero-order valence-electron chi connectivity index (χ0n) is 13.1. The van der Waals surface area contributed by atoms with Crippen LogP contribution in [-0.4, -0.2) is 51.7 Å². The Morgan fingerprint density at radius 3 is 2.62 bits per heavy atom. The minimum absolute atomic E-state index is 0.137. The van der Waals surface area contributed by atoms with E-state index in [-0.39, 0.29) is 5.91 Å². The smallest absolute Gasteiger partial charge is 0.259 e. The monoisotopic (exact) mass is 323 g/mol. The Labute approximate surface area is 138 Å². The lowest BCUT2D eigenvalue weighted by Gasteiger charge is -2.27. The Kier molecular flexibility index (Phi) is 3.62. The average molecular weight is 323 g/mol. The first-order valence-electron chi connectivity index (χ1n) is 7.80. The van der Waals surface area contributed by atoms with E-state index < -0.39 is 0 Å². The maximum atomic E-state index is 12.7. The fourth-order valence-corrected chi connectivity index (χ4v) is 2.87. The van der Waals surface area contributed by atoms with Crippen LogP contribution in [0.25, 0.3) is 16.8 Å². The maximum absolute atomic E-state index is 12.7. The summed E-state index contributed by atoms with van der Waals surface area (Å²) in [6.45, 7) is 2.21. The van der Waals surface area contributed by atoms with Crippen LogP contribution in [0.4, 0.5) is 5.82 Å². The maximum Gasteiger partial charge on any atom is 0.259 e. The van der Waals surface area contributed by atoms with Crippen LogP contribution in [0.3, 0.4) is 0 Å². The second-order valence-electron chi connectivity index (χ2n) is 5.62. The molecule has 0 unspecified atom stereocenters. The quantitative estimate of drug-likeness (QED) is 0.771. The Hall–Kier alpha value is -2.93. The van der Waals surface area contributed by atoms with Crippen LogP contribution in [0.1, 0.15) is 10.4 Å². The molecule has 0 spiro atoms. The number of nitrogens with zero attached hydrogens (tertiary/aromatic N) is 4. The molecule has 1 amide bonds. The first-order valence-corrected chi connectivity index (χ1v) is 7.80. The van der Waals surface area contributed by atoms with Crippen LogP contribution in [0.15, 0.2) is 42.7 Å². The second kappa shape index (κ2) is 5.93. The molecule has 7 nitrogen and oxygen atoms in total. The van der Waals surface area contributed by atoms with Crippen LogP contribution in [-0.2, 0) is 4.74 Å². The van der Waals surface area contributed by atoms with Gasteiger partial charge in [0.1, 0.15) is 11.4 Å². The van der Waals surface area contributed by atoms with Crippen LogP contribution in [0.5, 0.6) is 0 Å². The summed E-state index contributed by atoms with van der Waals surface area (Å²) < 4.78 is 6.80. The van der Waals surface area contributed by atoms with Crippen molar-refractivity contribution < 1.29 is 9.53 Å². The summed E-state index contributed by atoms with van der Waals surface area (Å²) in [5.74, 6) is 0.167. The number of hydrogen-bond acceptors (Lipinski definition) is 5. The third kappa shape index (κ3) is 2.39. The summed E-state index contributed by atoms with van der Waals surface area (Å²) in [6, 6.07) is 9.84. The molecule has 1 saturated heterocycles. The highest BCUT2D eigenvalue weighted by Gasteiger charge is 2.23. The molecular formula is C17H17N5O2. The molecule has 0 radical (unpaired) electrons. The van der Waals surface area contributed by atoms with Crippen molar-refractivity contribution in [3.63, 3.8) is 0 Å². The Balaban J connectivity index is 1.75. The molecule has 0 bridgehead atoms. The number of benzene rings is 1. The SMILES string of the molecule is Nc1c(C(=O)N2CCOCC2)cnc2c(-c3ccccc3)cnn12. The van der Waals surface area contributed by atoms with Crippen molar-refractivity contribution in [1.29, 1.82) is 0 Å². The van der Waals surface area contributed by atoms with E-state index in [1.54, 1.807) is 11.1 Å². The lowest BCUT2D eigenvalue weighted by molar-refractivity contribution is 0.0303. The first kappa shape index (κ1) is 14.6. The van der Waals surface area contributed by atoms with E-state index in [9.17, 15) is 4.79 Å². The van der Waals surface area contributed by atoms with Crippen molar-refractivity contribution in [2.75, 3.05) is 32.0 Å². The van der Waals surface area contributed by atoms with Crippen molar-refractivity contribution in [2.45, 2.75) is 0 Å². The fraction of sp³-hybridized carbons (Fsp3) is 0.235. The fourth-order valence-electron chi connectivity index (χ4n) is 2.87. The summed E-state index contributed by atoms with van der Waals surface area (Å²) in [5.41, 5.74) is 9.09. The molecule has 7 heteroatoms. The highest BCUT2D eigenvalue weighted by Crippen LogP contribution is 2.25. The van der Waals surface area contributed by atoms with E-state index in [1.807, 2.05) is 30.3 Å². The predicted molar refractivity (Wildman–Crippen MR) is 89.6 cm³/mol. The minimum atomic E-state index is -0.137. The average Bonchev–Trinajstić information content (AvgIpc) is 3.08. The summed E-state index contributed by atoms with van der Waals surface area (Å²) in [5, 5.41) is 4.32. The molecule has 1 fully saturated rings. The number of nitrogens with two attached hydrogens (primary N) is 1. The second-order valence-corrected chi connectivity index (χ2v) is 5.62. The molecule has 2 N–H and O–H groups in total. The number of hydrogen-bond donors (Lipinski definition) is 1. The molecule has 2 aromatic heterocycles. The zero-order valence-corrected chi connectivity index (χ0v) is 13.1. The Morgan fingerprint density at radius 2 is 1.88 bits per heavy atom. The third-order valence-electron chi connectivity index (χ3n) is 4.18. The van der Waals surface area contributed by atoms with Gasteiger partial charge in [-0.25, -0.2) is 4.98 Å². The Morgan fingerprint density at radius 1 is 1.12 bits per heavy atom. The highest BCUT2D eigenvalue weighted by molar-refractivity contribution is 5.99. The number of nitrogen functional groups attached to an aromatic ring is 1. The van der Waals surface area contributed by atoms with E-state index in [0.29, 0.717) is 43.3 Å². The van der Waals surface area contributed by atoms with Gasteiger partial charge in [0.25, 0.3) is 5.91 Å². The topological polar surface area (TPSA) is 85.8 Å². The summed E-state index contributed by atoms with van der Waals surface area (Å²) in [4.78, 5) is 18.8. The van der Waals surface area contributed by atoms with Crippen LogP contribution >= 0.6 is 0 Å². The molecule has 24 heavy (non-hydrogen) atoms. The van der Waals surface area contributed by atoms with E-state index in [0.717, 1.165) is 11.1 Å². The summed E-state index contributed by atoms with van der Waals surface area (Å²) >= 11 is 0. The van der Waals surface area contributed by atoms with Gasteiger partial charge in [-0.1, -0.05) is 30.3 Å². The number of amides is 1. The van der Waals surface area contributed by atoms with E-state index >= 15 is 0 Å². The number of morpholine rings is 1. The first-order chi connectivity index (χ1) is 11.8. The van der Waals surface area contributed by atoms with E-state index in [4.69, 9.17) is 10.5 Å². The lowest BCUT2D eigenvalue weighted by Crippen LogP contribution is -2.41. The molecule has 4 rings (SSSR count). The molecular weight excluding hydrogens is 306 g/mol. The van der Waals surface area contributed by atoms with Gasteiger partial charge in [-0.15, -0.1) is 0 Å². The molecule has 1 aliphatic heterocycles. The number of aromatic nitrogens is 3. The highest BCUT2D eigenvalue weighted by atomic mass is 16.5. The van der Waals surface area contributed by atoms with E-state index in [1.165, 1.54) is 10.7 Å². The van der Waals surface area contributed by atoms with Gasteiger partial charge in [0, 0.05) is 24.8 Å². The van der Waals surface area contributed by atoms with Crippen molar-refractivity contribution >= 4 is 17.4 Å². The summed E-state index contributed by atoms with van der Waals surface area (Å²) in [6.07, 6.45) is 3.26. The lowest BCUT2D eigenvalue weighted by atomic mass is 10.1. The van der Waals surface area contributed by atoms with Crippen molar-refractivity contribution in [3.05, 3.63) is 48.3 Å². The molecule has 122 valence electrons. The molecule has 0 saturated carbocycles. The van der Waals surface area contributed by atoms with Crippen LogP contribution in [0, 0.1) is 0 Å². The van der Waals surface area contributed by atoms with Gasteiger partial charge in [0.05, 0.1) is 19.4 Å². The molecule has 0 atom stereocenters. The molecule has 1 aliphatic rings. The summed E-state index contributed by atoms with van der Waals surface area (Å²) in [7, 11) is 0. The number of rotatable bonds is 2. The minimum Gasteiger partial charge on any atom is -0.383 e. The standard InChI is InChI=1S/C17H17N5O2/c18-15-14(17(23)21-6-8-24-9-7-21)10-19-16-13(11-20-22(15)16)12-4-2-1-3-5-12/h1-5,10-11H,6-9,18H2. The number of carbonyl (C=O) groups is 1. The number of anilines is 1. The van der Waals surface area contributed by atoms with Crippen molar-refractivity contribution in [2.24, 2.45) is 0 Å². The largest absolute Gasteiger partial charge is 0.383 e. The molecule has 1 aromatic carbocycles. The number of fused-ring (bicyclic) bond motifs is 1. The van der Waals surface area contributed by atoms with Crippen molar-refractivity contribution in [1.82, 2.24) is 19.5 Å². The van der Waals surface area contributed by atoms with Gasteiger partial charge in [-0.2, -0.15) is 9.61 Å². The van der Waals surface area contributed by atoms with Gasteiger partial charge in [-0.3, -0.25) is 4.79 Å².